The molecule has 5 heteroatoms. The summed E-state index contributed by atoms with van der Waals surface area (Å²) in [6, 6.07) is 13.0. The molecule has 0 saturated carbocycles. The van der Waals surface area contributed by atoms with Gasteiger partial charge in [0, 0.05) is 17.0 Å². The summed E-state index contributed by atoms with van der Waals surface area (Å²) in [5.41, 5.74) is 2.46. The highest BCUT2D eigenvalue weighted by atomic mass is 35.5. The van der Waals surface area contributed by atoms with Crippen LogP contribution >= 0.6 is 23.2 Å². The van der Waals surface area contributed by atoms with Crippen molar-refractivity contribution in [3.8, 4) is 5.75 Å². The van der Waals surface area contributed by atoms with Gasteiger partial charge in [-0.15, -0.1) is 11.6 Å². The van der Waals surface area contributed by atoms with Crippen LogP contribution in [0.4, 0.5) is 0 Å². The largest absolute Gasteiger partial charge is 0.496 e. The van der Waals surface area contributed by atoms with E-state index in [0.717, 1.165) is 16.7 Å². The standard InChI is InChI=1S/C16H13Cl2NO2/c1-20-15-8-10(17)6-7-11(15)12(18)9-16-19-13-4-2-3-5-14(13)21-16/h2-8,12H,9H2,1H3. The summed E-state index contributed by atoms with van der Waals surface area (Å²) < 4.78 is 11.0. The Bertz CT molecular complexity index is 737. The Morgan fingerprint density at radius 3 is 2.81 bits per heavy atom. The van der Waals surface area contributed by atoms with Gasteiger partial charge in [-0.25, -0.2) is 4.98 Å². The Labute approximate surface area is 132 Å². The maximum atomic E-state index is 6.48. The lowest BCUT2D eigenvalue weighted by Crippen LogP contribution is -1.99. The number of hydrogen-bond donors (Lipinski definition) is 0. The van der Waals surface area contributed by atoms with Crippen LogP contribution in [0.15, 0.2) is 46.9 Å². The van der Waals surface area contributed by atoms with Crippen LogP contribution < -0.4 is 4.74 Å². The average molecular weight is 322 g/mol. The zero-order valence-electron chi connectivity index (χ0n) is 11.3. The maximum Gasteiger partial charge on any atom is 0.197 e. The molecule has 3 aromatic rings. The molecule has 0 aliphatic rings. The van der Waals surface area contributed by atoms with Gasteiger partial charge in [-0.3, -0.25) is 0 Å². The first-order valence-electron chi connectivity index (χ1n) is 6.49. The van der Waals surface area contributed by atoms with Crippen LogP contribution in [0, 0.1) is 0 Å². The summed E-state index contributed by atoms with van der Waals surface area (Å²) in [6.45, 7) is 0. The van der Waals surface area contributed by atoms with Crippen LogP contribution in [-0.2, 0) is 6.42 Å². The number of hydrogen-bond acceptors (Lipinski definition) is 3. The Hall–Kier alpha value is -1.71. The minimum Gasteiger partial charge on any atom is -0.496 e. The maximum absolute atomic E-state index is 6.48. The number of aromatic nitrogens is 1. The molecule has 1 atom stereocenters. The molecule has 0 fully saturated rings. The SMILES string of the molecule is COc1cc(Cl)ccc1C(Cl)Cc1nc2ccccc2o1. The van der Waals surface area contributed by atoms with Gasteiger partial charge in [0.05, 0.1) is 12.5 Å². The number of ether oxygens (including phenoxy) is 1. The molecule has 3 nitrogen and oxygen atoms in total. The molecule has 1 unspecified atom stereocenters. The Morgan fingerprint density at radius 2 is 2.05 bits per heavy atom. The first-order chi connectivity index (χ1) is 10.2. The van der Waals surface area contributed by atoms with E-state index in [9.17, 15) is 0 Å². The summed E-state index contributed by atoms with van der Waals surface area (Å²) in [5.74, 6) is 1.27. The number of halogens is 2. The first-order valence-corrected chi connectivity index (χ1v) is 7.31. The fourth-order valence-corrected chi connectivity index (χ4v) is 2.69. The third-order valence-corrected chi connectivity index (χ3v) is 3.85. The van der Waals surface area contributed by atoms with Gasteiger partial charge in [-0.05, 0) is 24.3 Å². The minimum atomic E-state index is -0.301. The van der Waals surface area contributed by atoms with E-state index in [1.807, 2.05) is 30.3 Å². The van der Waals surface area contributed by atoms with Gasteiger partial charge < -0.3 is 9.15 Å². The van der Waals surface area contributed by atoms with E-state index in [-0.39, 0.29) is 5.38 Å². The summed E-state index contributed by atoms with van der Waals surface area (Å²) in [4.78, 5) is 4.43. The van der Waals surface area contributed by atoms with Crippen LogP contribution in [0.3, 0.4) is 0 Å². The average Bonchev–Trinajstić information content (AvgIpc) is 2.88. The van der Waals surface area contributed by atoms with Gasteiger partial charge in [0.2, 0.25) is 0 Å². The van der Waals surface area contributed by atoms with E-state index < -0.39 is 0 Å². The molecule has 0 N–H and O–H groups in total. The van der Waals surface area contributed by atoms with E-state index in [0.29, 0.717) is 23.1 Å². The number of alkyl halides is 1. The Kier molecular flexibility index (Phi) is 4.04. The molecule has 1 heterocycles. The van der Waals surface area contributed by atoms with Crippen molar-refractivity contribution in [2.45, 2.75) is 11.8 Å². The third kappa shape index (κ3) is 2.99. The second kappa shape index (κ2) is 5.96. The van der Waals surface area contributed by atoms with Crippen LogP contribution in [0.1, 0.15) is 16.8 Å². The molecular formula is C16H13Cl2NO2. The first kappa shape index (κ1) is 14.2. The molecule has 0 saturated heterocycles. The molecule has 3 rings (SSSR count). The summed E-state index contributed by atoms with van der Waals surface area (Å²) in [6.07, 6.45) is 0.480. The zero-order valence-corrected chi connectivity index (χ0v) is 12.9. The summed E-state index contributed by atoms with van der Waals surface area (Å²) in [7, 11) is 1.60. The van der Waals surface area contributed by atoms with Crippen molar-refractivity contribution in [3.63, 3.8) is 0 Å². The monoisotopic (exact) mass is 321 g/mol. The van der Waals surface area contributed by atoms with Gasteiger partial charge in [-0.2, -0.15) is 0 Å². The lowest BCUT2D eigenvalue weighted by Gasteiger charge is -2.12. The lowest BCUT2D eigenvalue weighted by atomic mass is 10.1. The van der Waals surface area contributed by atoms with Gasteiger partial charge in [0.25, 0.3) is 0 Å². The van der Waals surface area contributed by atoms with Crippen molar-refractivity contribution in [2.24, 2.45) is 0 Å². The molecule has 0 spiro atoms. The van der Waals surface area contributed by atoms with Crippen molar-refractivity contribution in [2.75, 3.05) is 7.11 Å². The molecule has 0 bridgehead atoms. The number of rotatable bonds is 4. The predicted molar refractivity (Wildman–Crippen MR) is 84.3 cm³/mol. The molecular weight excluding hydrogens is 309 g/mol. The summed E-state index contributed by atoms with van der Waals surface area (Å²) in [5, 5.41) is 0.312. The number of oxazole rings is 1. The van der Waals surface area contributed by atoms with E-state index in [2.05, 4.69) is 4.98 Å². The number of fused-ring (bicyclic) bond motifs is 1. The number of nitrogens with zero attached hydrogens (tertiary/aromatic N) is 1. The molecule has 0 aliphatic heterocycles. The normalized spacial score (nSPS) is 12.5. The minimum absolute atomic E-state index is 0.301. The second-order valence-corrected chi connectivity index (χ2v) is 5.60. The van der Waals surface area contributed by atoms with Crippen LogP contribution in [0.5, 0.6) is 5.75 Å². The molecule has 108 valence electrons. The van der Waals surface area contributed by atoms with Gasteiger partial charge in [-0.1, -0.05) is 29.8 Å². The lowest BCUT2D eigenvalue weighted by molar-refractivity contribution is 0.408. The van der Waals surface area contributed by atoms with E-state index in [1.54, 1.807) is 19.2 Å². The van der Waals surface area contributed by atoms with Crippen LogP contribution in [0.2, 0.25) is 5.02 Å². The highest BCUT2D eigenvalue weighted by Crippen LogP contribution is 2.34. The van der Waals surface area contributed by atoms with Crippen molar-refractivity contribution < 1.29 is 9.15 Å². The molecule has 0 amide bonds. The molecule has 21 heavy (non-hydrogen) atoms. The van der Waals surface area contributed by atoms with E-state index in [4.69, 9.17) is 32.4 Å². The van der Waals surface area contributed by atoms with Gasteiger partial charge in [0.15, 0.2) is 11.5 Å². The smallest absolute Gasteiger partial charge is 0.197 e. The van der Waals surface area contributed by atoms with Crippen molar-refractivity contribution in [3.05, 3.63) is 58.9 Å². The molecule has 0 radical (unpaired) electrons. The van der Waals surface area contributed by atoms with Gasteiger partial charge in [0.1, 0.15) is 11.3 Å². The quantitative estimate of drug-likeness (QED) is 0.633. The highest BCUT2D eigenvalue weighted by Gasteiger charge is 2.17. The van der Waals surface area contributed by atoms with Crippen molar-refractivity contribution in [1.82, 2.24) is 4.98 Å². The number of benzene rings is 2. The second-order valence-electron chi connectivity index (χ2n) is 4.63. The number of methoxy groups -OCH3 is 1. The van der Waals surface area contributed by atoms with Gasteiger partial charge >= 0.3 is 0 Å². The van der Waals surface area contributed by atoms with Crippen molar-refractivity contribution >= 4 is 34.3 Å². The van der Waals surface area contributed by atoms with E-state index >= 15 is 0 Å². The fourth-order valence-electron chi connectivity index (χ4n) is 2.21. The predicted octanol–water partition coefficient (Wildman–Crippen LogP) is 5.01. The molecule has 2 aromatic carbocycles. The third-order valence-electron chi connectivity index (χ3n) is 3.22. The Balaban J connectivity index is 1.87. The number of para-hydroxylation sites is 2. The molecule has 0 aliphatic carbocycles. The molecule has 1 aromatic heterocycles. The Morgan fingerprint density at radius 1 is 1.24 bits per heavy atom. The van der Waals surface area contributed by atoms with E-state index in [1.165, 1.54) is 0 Å². The van der Waals surface area contributed by atoms with Crippen molar-refractivity contribution in [1.29, 1.82) is 0 Å². The fraction of sp³-hybridized carbons (Fsp3) is 0.188. The highest BCUT2D eigenvalue weighted by molar-refractivity contribution is 6.30. The van der Waals surface area contributed by atoms with Crippen LogP contribution in [0.25, 0.3) is 11.1 Å². The topological polar surface area (TPSA) is 35.3 Å². The zero-order chi connectivity index (χ0) is 14.8. The van der Waals surface area contributed by atoms with Crippen LogP contribution in [-0.4, -0.2) is 12.1 Å². The summed E-state index contributed by atoms with van der Waals surface area (Å²) >= 11 is 12.4.